The number of amides is 2. The summed E-state index contributed by atoms with van der Waals surface area (Å²) in [6, 6.07) is -0.193. The molecule has 1 N–H and O–H groups in total. The van der Waals surface area contributed by atoms with Crippen molar-refractivity contribution in [1.82, 2.24) is 30.0 Å². The van der Waals surface area contributed by atoms with E-state index in [2.05, 4.69) is 46.5 Å². The van der Waals surface area contributed by atoms with Gasteiger partial charge in [-0.3, -0.25) is 0 Å². The van der Waals surface area contributed by atoms with Crippen LogP contribution in [0.2, 0.25) is 0 Å². The summed E-state index contributed by atoms with van der Waals surface area (Å²) in [6.45, 7) is 12.1. The molecular formula is C16H24N6OS. The maximum Gasteiger partial charge on any atom is 0.318 e. The minimum Gasteiger partial charge on any atom is -0.329 e. The molecule has 0 bridgehead atoms. The molecule has 0 fully saturated rings. The van der Waals surface area contributed by atoms with E-state index < -0.39 is 0 Å². The van der Waals surface area contributed by atoms with Gasteiger partial charge < -0.3 is 10.2 Å². The Morgan fingerprint density at radius 1 is 1.33 bits per heavy atom. The van der Waals surface area contributed by atoms with Crippen LogP contribution in [0.25, 0.3) is 0 Å². The molecule has 3 heterocycles. The van der Waals surface area contributed by atoms with E-state index in [-0.39, 0.29) is 17.5 Å². The van der Waals surface area contributed by atoms with Crippen molar-refractivity contribution in [2.45, 2.75) is 59.2 Å². The van der Waals surface area contributed by atoms with Crippen LogP contribution in [0.5, 0.6) is 0 Å². The third-order valence-corrected chi connectivity index (χ3v) is 5.08. The van der Waals surface area contributed by atoms with Gasteiger partial charge in [-0.05, 0) is 13.8 Å². The van der Waals surface area contributed by atoms with Gasteiger partial charge in [0.2, 0.25) is 0 Å². The highest BCUT2D eigenvalue weighted by Gasteiger charge is 2.25. The molecule has 0 saturated heterocycles. The first kappa shape index (κ1) is 16.9. The Bertz CT molecular complexity index is 744. The highest BCUT2D eigenvalue weighted by molar-refractivity contribution is 7.09. The third kappa shape index (κ3) is 3.43. The molecule has 2 aromatic heterocycles. The molecule has 0 spiro atoms. The van der Waals surface area contributed by atoms with Crippen LogP contribution in [0.15, 0.2) is 5.38 Å². The summed E-state index contributed by atoms with van der Waals surface area (Å²) in [5.74, 6) is 1.59. The average molecular weight is 348 g/mol. The van der Waals surface area contributed by atoms with E-state index in [0.29, 0.717) is 19.6 Å². The Morgan fingerprint density at radius 2 is 2.08 bits per heavy atom. The number of carbonyl (C=O) groups excluding carboxylic acids is 1. The van der Waals surface area contributed by atoms with E-state index >= 15 is 0 Å². The van der Waals surface area contributed by atoms with Crippen LogP contribution in [0.4, 0.5) is 4.79 Å². The van der Waals surface area contributed by atoms with Gasteiger partial charge >= 0.3 is 6.03 Å². The molecule has 0 saturated carbocycles. The molecule has 1 atom stereocenters. The van der Waals surface area contributed by atoms with E-state index in [0.717, 1.165) is 22.4 Å². The molecule has 2 amide bonds. The minimum atomic E-state index is -0.111. The van der Waals surface area contributed by atoms with Gasteiger partial charge in [0.1, 0.15) is 16.7 Å². The zero-order chi connectivity index (χ0) is 17.5. The molecule has 3 rings (SSSR count). The number of nitrogens with zero attached hydrogens (tertiary/aromatic N) is 5. The quantitative estimate of drug-likeness (QED) is 0.905. The van der Waals surface area contributed by atoms with Crippen LogP contribution in [-0.4, -0.2) is 37.2 Å². The third-order valence-electron chi connectivity index (χ3n) is 4.06. The van der Waals surface area contributed by atoms with E-state index in [1.54, 1.807) is 16.2 Å². The number of hydrogen-bond donors (Lipinski definition) is 1. The van der Waals surface area contributed by atoms with E-state index in [1.807, 2.05) is 18.5 Å². The number of nitrogens with one attached hydrogen (secondary N) is 1. The van der Waals surface area contributed by atoms with Crippen molar-refractivity contribution < 1.29 is 4.79 Å². The van der Waals surface area contributed by atoms with Crippen molar-refractivity contribution >= 4 is 17.4 Å². The summed E-state index contributed by atoms with van der Waals surface area (Å²) < 4.78 is 1.87. The van der Waals surface area contributed by atoms with Gasteiger partial charge in [-0.2, -0.15) is 5.10 Å². The number of aryl methyl sites for hydroxylation is 1. The Kier molecular flexibility index (Phi) is 4.33. The van der Waals surface area contributed by atoms with Gasteiger partial charge in [0.15, 0.2) is 0 Å². The molecule has 7 nitrogen and oxygen atoms in total. The lowest BCUT2D eigenvalue weighted by molar-refractivity contribution is 0.176. The number of thiazole rings is 1. The van der Waals surface area contributed by atoms with Crippen molar-refractivity contribution in [2.75, 3.05) is 6.54 Å². The monoisotopic (exact) mass is 348 g/mol. The fraction of sp³-hybridized carbons (Fsp3) is 0.625. The van der Waals surface area contributed by atoms with Gasteiger partial charge in [-0.1, -0.05) is 20.8 Å². The maximum atomic E-state index is 12.5. The number of rotatable bonds is 2. The largest absolute Gasteiger partial charge is 0.329 e. The summed E-state index contributed by atoms with van der Waals surface area (Å²) in [7, 11) is 0. The highest BCUT2D eigenvalue weighted by atomic mass is 32.1. The summed E-state index contributed by atoms with van der Waals surface area (Å²) in [6.07, 6.45) is 0. The molecule has 0 aliphatic carbocycles. The molecule has 1 aliphatic heterocycles. The van der Waals surface area contributed by atoms with Crippen molar-refractivity contribution in [2.24, 2.45) is 0 Å². The molecular weight excluding hydrogens is 324 g/mol. The second kappa shape index (κ2) is 6.16. The first-order chi connectivity index (χ1) is 11.2. The van der Waals surface area contributed by atoms with Crippen LogP contribution in [0, 0.1) is 6.92 Å². The summed E-state index contributed by atoms with van der Waals surface area (Å²) >= 11 is 1.59. The molecule has 1 aliphatic rings. The van der Waals surface area contributed by atoms with Gasteiger partial charge in [0.05, 0.1) is 24.8 Å². The van der Waals surface area contributed by atoms with Crippen LogP contribution >= 0.6 is 11.3 Å². The highest BCUT2D eigenvalue weighted by Crippen LogP contribution is 2.27. The number of hydrogen-bond acceptors (Lipinski definition) is 5. The lowest BCUT2D eigenvalue weighted by Gasteiger charge is -2.28. The topological polar surface area (TPSA) is 75.9 Å². The van der Waals surface area contributed by atoms with Gasteiger partial charge in [0, 0.05) is 17.3 Å². The zero-order valence-corrected chi connectivity index (χ0v) is 15.6. The zero-order valence-electron chi connectivity index (χ0n) is 14.8. The lowest BCUT2D eigenvalue weighted by atomic mass is 9.93. The minimum absolute atomic E-state index is 0.0211. The maximum absolute atomic E-state index is 12.5. The van der Waals surface area contributed by atoms with Crippen molar-refractivity contribution in [3.63, 3.8) is 0 Å². The van der Waals surface area contributed by atoms with Crippen molar-refractivity contribution in [3.8, 4) is 0 Å². The normalized spacial score (nSPS) is 16.0. The molecule has 0 radical (unpaired) electrons. The molecule has 130 valence electrons. The molecule has 24 heavy (non-hydrogen) atoms. The second-order valence-corrected chi connectivity index (χ2v) is 8.10. The predicted molar refractivity (Wildman–Crippen MR) is 92.9 cm³/mol. The van der Waals surface area contributed by atoms with E-state index in [4.69, 9.17) is 0 Å². The summed E-state index contributed by atoms with van der Waals surface area (Å²) in [5.41, 5.74) is 1.08. The van der Waals surface area contributed by atoms with Crippen LogP contribution < -0.4 is 5.32 Å². The number of fused-ring (bicyclic) bond motifs is 1. The van der Waals surface area contributed by atoms with Gasteiger partial charge in [-0.15, -0.1) is 11.3 Å². The average Bonchev–Trinajstić information content (AvgIpc) is 3.11. The second-order valence-electron chi connectivity index (χ2n) is 7.21. The SMILES string of the molecule is Cc1nc2n(n1)CCN(C(=O)NC(C)c1nc(C(C)(C)C)cs1)C2. The van der Waals surface area contributed by atoms with Gasteiger partial charge in [-0.25, -0.2) is 19.4 Å². The van der Waals surface area contributed by atoms with E-state index in [9.17, 15) is 4.79 Å². The van der Waals surface area contributed by atoms with Gasteiger partial charge in [0.25, 0.3) is 0 Å². The molecule has 8 heteroatoms. The van der Waals surface area contributed by atoms with Crippen LogP contribution in [-0.2, 0) is 18.5 Å². The number of aromatic nitrogens is 4. The molecule has 2 aromatic rings. The Morgan fingerprint density at radius 3 is 2.75 bits per heavy atom. The van der Waals surface area contributed by atoms with Crippen molar-refractivity contribution in [1.29, 1.82) is 0 Å². The van der Waals surface area contributed by atoms with E-state index in [1.165, 1.54) is 0 Å². The first-order valence-corrected chi connectivity index (χ1v) is 9.03. The Balaban J connectivity index is 1.63. The lowest BCUT2D eigenvalue weighted by Crippen LogP contribution is -2.45. The number of urea groups is 1. The summed E-state index contributed by atoms with van der Waals surface area (Å²) in [4.78, 5) is 23.4. The van der Waals surface area contributed by atoms with Crippen molar-refractivity contribution in [3.05, 3.63) is 27.7 Å². The Hall–Kier alpha value is -1.96. The molecule has 0 aromatic carbocycles. The summed E-state index contributed by atoms with van der Waals surface area (Å²) in [5, 5.41) is 10.4. The van der Waals surface area contributed by atoms with Crippen LogP contribution in [0.1, 0.15) is 56.1 Å². The fourth-order valence-corrected chi connectivity index (χ4v) is 3.66. The first-order valence-electron chi connectivity index (χ1n) is 8.15. The molecule has 1 unspecified atom stereocenters. The number of carbonyl (C=O) groups is 1. The Labute approximate surface area is 146 Å². The smallest absolute Gasteiger partial charge is 0.318 e. The predicted octanol–water partition coefficient (Wildman–Crippen LogP) is 2.63. The fourth-order valence-electron chi connectivity index (χ4n) is 2.60. The standard InChI is InChI=1S/C16H24N6OS/c1-10(14-19-12(9-24-14)16(3,4)5)17-15(23)21-6-7-22-13(8-21)18-11(2)20-22/h9-10H,6-8H2,1-5H3,(H,17,23). The van der Waals surface area contributed by atoms with Crippen LogP contribution in [0.3, 0.4) is 0 Å².